The maximum Gasteiger partial charge on any atom is 0.290 e. The summed E-state index contributed by atoms with van der Waals surface area (Å²) in [4.78, 5) is 14.8. The van der Waals surface area contributed by atoms with Crippen molar-refractivity contribution < 1.29 is 18.4 Å². The number of hydrogen-bond acceptors (Lipinski definition) is 5. The van der Waals surface area contributed by atoms with E-state index in [2.05, 4.69) is 27.5 Å². The summed E-state index contributed by atoms with van der Waals surface area (Å²) in [5.41, 5.74) is 2.91. The van der Waals surface area contributed by atoms with Crippen molar-refractivity contribution >= 4 is 5.91 Å². The quantitative estimate of drug-likeness (QED) is 0.619. The molecule has 1 aromatic heterocycles. The molecule has 2 heterocycles. The predicted molar refractivity (Wildman–Crippen MR) is 114 cm³/mol. The lowest BCUT2D eigenvalue weighted by atomic mass is 9.93. The van der Waals surface area contributed by atoms with Crippen LogP contribution in [-0.4, -0.2) is 36.2 Å². The van der Waals surface area contributed by atoms with E-state index in [0.29, 0.717) is 6.54 Å². The first-order valence-corrected chi connectivity index (χ1v) is 10.5. The molecule has 1 amide bonds. The number of ether oxygens (including phenoxy) is 1. The van der Waals surface area contributed by atoms with Gasteiger partial charge in [0.05, 0.1) is 12.8 Å². The topological polar surface area (TPSA) is 67.6 Å². The maximum absolute atomic E-state index is 13.0. The molecule has 1 N–H and O–H groups in total. The Hall–Kier alpha value is -3.19. The van der Waals surface area contributed by atoms with Crippen molar-refractivity contribution in [2.24, 2.45) is 0 Å². The molecule has 7 heteroatoms. The molecular weight excluding hydrogens is 397 g/mol. The van der Waals surface area contributed by atoms with Crippen LogP contribution in [0, 0.1) is 5.82 Å². The third-order valence-corrected chi connectivity index (χ3v) is 5.69. The molecule has 1 fully saturated rings. The summed E-state index contributed by atoms with van der Waals surface area (Å²) in [6.07, 6.45) is 1.94. The van der Waals surface area contributed by atoms with Crippen LogP contribution in [0.3, 0.4) is 0 Å². The average Bonchev–Trinajstić information content (AvgIpc) is 3.30. The molecule has 1 saturated heterocycles. The van der Waals surface area contributed by atoms with Crippen molar-refractivity contribution in [2.75, 3.05) is 20.2 Å². The normalized spacial score (nSPS) is 15.0. The minimum Gasteiger partial charge on any atom is -0.497 e. The fraction of sp³-hybridized carbons (Fsp3) is 0.333. The van der Waals surface area contributed by atoms with E-state index in [1.54, 1.807) is 25.3 Å². The van der Waals surface area contributed by atoms with Gasteiger partial charge in [0.15, 0.2) is 0 Å². The summed E-state index contributed by atoms with van der Waals surface area (Å²) in [6.45, 7) is 3.15. The summed E-state index contributed by atoms with van der Waals surface area (Å²) in [5.74, 6) is 0.739. The van der Waals surface area contributed by atoms with Gasteiger partial charge in [-0.15, -0.1) is 0 Å². The number of rotatable bonds is 7. The molecule has 0 radical (unpaired) electrons. The van der Waals surface area contributed by atoms with Gasteiger partial charge in [-0.05, 0) is 61.3 Å². The Balaban J connectivity index is 1.26. The van der Waals surface area contributed by atoms with Crippen molar-refractivity contribution in [1.29, 1.82) is 0 Å². The van der Waals surface area contributed by atoms with E-state index in [0.717, 1.165) is 49.5 Å². The Kier molecular flexibility index (Phi) is 6.62. The van der Waals surface area contributed by atoms with Crippen molar-refractivity contribution in [3.63, 3.8) is 0 Å². The van der Waals surface area contributed by atoms with E-state index < -0.39 is 0 Å². The lowest BCUT2D eigenvalue weighted by Gasteiger charge is -2.31. The van der Waals surface area contributed by atoms with Crippen LogP contribution in [0.4, 0.5) is 4.39 Å². The molecule has 31 heavy (non-hydrogen) atoms. The second-order valence-corrected chi connectivity index (χ2v) is 7.82. The number of amides is 1. The maximum atomic E-state index is 13.0. The number of halogens is 1. The van der Waals surface area contributed by atoms with E-state index in [1.165, 1.54) is 17.7 Å². The van der Waals surface area contributed by atoms with Gasteiger partial charge in [-0.3, -0.25) is 9.69 Å². The minimum absolute atomic E-state index is 0.206. The first-order chi connectivity index (χ1) is 15.1. The Morgan fingerprint density at radius 1 is 1.13 bits per heavy atom. The molecule has 0 saturated carbocycles. The van der Waals surface area contributed by atoms with Crippen LogP contribution in [0.25, 0.3) is 0 Å². The zero-order valence-electron chi connectivity index (χ0n) is 17.5. The van der Waals surface area contributed by atoms with Crippen molar-refractivity contribution in [3.8, 4) is 5.75 Å². The number of carbonyl (C=O) groups excluding carboxylic acids is 1. The number of likely N-dealkylation sites (tertiary alicyclic amines) is 1. The molecule has 3 aromatic rings. The average molecular weight is 423 g/mol. The van der Waals surface area contributed by atoms with Crippen molar-refractivity contribution in [2.45, 2.75) is 31.8 Å². The summed E-state index contributed by atoms with van der Waals surface area (Å²) >= 11 is 0. The van der Waals surface area contributed by atoms with Gasteiger partial charge < -0.3 is 14.6 Å². The van der Waals surface area contributed by atoms with Crippen LogP contribution in [0.15, 0.2) is 59.1 Å². The molecule has 6 nitrogen and oxygen atoms in total. The van der Waals surface area contributed by atoms with Gasteiger partial charge >= 0.3 is 0 Å². The van der Waals surface area contributed by atoms with E-state index in [1.807, 2.05) is 12.1 Å². The van der Waals surface area contributed by atoms with Gasteiger partial charge in [0.2, 0.25) is 5.76 Å². The summed E-state index contributed by atoms with van der Waals surface area (Å²) in [6, 6.07) is 15.9. The Morgan fingerprint density at radius 3 is 2.48 bits per heavy atom. The molecular formula is C24H26FN3O3. The van der Waals surface area contributed by atoms with Crippen molar-refractivity contribution in [1.82, 2.24) is 15.4 Å². The monoisotopic (exact) mass is 423 g/mol. The highest BCUT2D eigenvalue weighted by atomic mass is 19.1. The Labute approximate surface area is 181 Å². The van der Waals surface area contributed by atoms with Crippen LogP contribution >= 0.6 is 0 Å². The van der Waals surface area contributed by atoms with Crippen LogP contribution in [0.1, 0.15) is 46.1 Å². The minimum atomic E-state index is -0.319. The molecule has 0 bridgehead atoms. The highest BCUT2D eigenvalue weighted by Crippen LogP contribution is 2.28. The predicted octanol–water partition coefficient (Wildman–Crippen LogP) is 4.13. The van der Waals surface area contributed by atoms with E-state index in [4.69, 9.17) is 9.26 Å². The van der Waals surface area contributed by atoms with Gasteiger partial charge in [0.25, 0.3) is 5.91 Å². The molecule has 4 rings (SSSR count). The molecule has 0 atom stereocenters. The molecule has 0 spiro atoms. The first kappa shape index (κ1) is 21.1. The SMILES string of the molecule is COc1ccc(CN2CCC(c3cc(C(=O)NCc4ccc(F)cc4)on3)CC2)cc1. The zero-order chi connectivity index (χ0) is 21.6. The van der Waals surface area contributed by atoms with Crippen LogP contribution in [0.2, 0.25) is 0 Å². The standard InChI is InChI=1S/C24H26FN3O3/c1-30-21-8-4-18(5-9-21)16-28-12-10-19(11-13-28)22-14-23(31-27-22)24(29)26-15-17-2-6-20(25)7-3-17/h2-9,14,19H,10-13,15-16H2,1H3,(H,26,29). The largest absolute Gasteiger partial charge is 0.497 e. The first-order valence-electron chi connectivity index (χ1n) is 10.5. The second-order valence-electron chi connectivity index (χ2n) is 7.82. The number of nitrogens with one attached hydrogen (secondary N) is 1. The number of benzene rings is 2. The third kappa shape index (κ3) is 5.49. The molecule has 0 aliphatic carbocycles. The van der Waals surface area contributed by atoms with Gasteiger partial charge in [0.1, 0.15) is 11.6 Å². The molecule has 162 valence electrons. The van der Waals surface area contributed by atoms with Crippen LogP contribution in [0.5, 0.6) is 5.75 Å². The van der Waals surface area contributed by atoms with E-state index >= 15 is 0 Å². The molecule has 0 unspecified atom stereocenters. The van der Waals surface area contributed by atoms with Gasteiger partial charge in [-0.1, -0.05) is 29.4 Å². The van der Waals surface area contributed by atoms with Crippen LogP contribution in [-0.2, 0) is 13.1 Å². The van der Waals surface area contributed by atoms with Crippen LogP contribution < -0.4 is 10.1 Å². The summed E-state index contributed by atoms with van der Waals surface area (Å²) in [5, 5.41) is 6.92. The second kappa shape index (κ2) is 9.75. The lowest BCUT2D eigenvalue weighted by Crippen LogP contribution is -2.32. The number of piperidine rings is 1. The van der Waals surface area contributed by atoms with E-state index in [9.17, 15) is 9.18 Å². The van der Waals surface area contributed by atoms with Crippen molar-refractivity contribution in [3.05, 3.63) is 83.0 Å². The number of methoxy groups -OCH3 is 1. The lowest BCUT2D eigenvalue weighted by molar-refractivity contribution is 0.0913. The summed E-state index contributed by atoms with van der Waals surface area (Å²) < 4.78 is 23.5. The molecule has 1 aliphatic heterocycles. The highest BCUT2D eigenvalue weighted by molar-refractivity contribution is 5.91. The zero-order valence-corrected chi connectivity index (χ0v) is 17.5. The molecule has 2 aromatic carbocycles. The smallest absolute Gasteiger partial charge is 0.290 e. The number of hydrogen-bond donors (Lipinski definition) is 1. The van der Waals surface area contributed by atoms with Gasteiger partial charge in [0, 0.05) is 25.1 Å². The number of aromatic nitrogens is 1. The number of carbonyl (C=O) groups is 1. The van der Waals surface area contributed by atoms with Gasteiger partial charge in [-0.2, -0.15) is 0 Å². The molecule has 1 aliphatic rings. The van der Waals surface area contributed by atoms with Gasteiger partial charge in [-0.25, -0.2) is 4.39 Å². The van der Waals surface area contributed by atoms with E-state index in [-0.39, 0.29) is 23.4 Å². The Morgan fingerprint density at radius 2 is 1.81 bits per heavy atom. The fourth-order valence-electron chi connectivity index (χ4n) is 3.84. The number of nitrogens with zero attached hydrogens (tertiary/aromatic N) is 2. The highest BCUT2D eigenvalue weighted by Gasteiger charge is 2.24. The fourth-order valence-corrected chi connectivity index (χ4v) is 3.84. The summed E-state index contributed by atoms with van der Waals surface area (Å²) in [7, 11) is 1.67. The Bertz CT molecular complexity index is 994. The third-order valence-electron chi connectivity index (χ3n) is 5.69.